The highest BCUT2D eigenvalue weighted by atomic mass is 19.1. The van der Waals surface area contributed by atoms with Crippen molar-refractivity contribution in [3.8, 4) is 11.4 Å². The van der Waals surface area contributed by atoms with E-state index in [2.05, 4.69) is 4.98 Å². The summed E-state index contributed by atoms with van der Waals surface area (Å²) in [6.45, 7) is 0. The fourth-order valence-electron chi connectivity index (χ4n) is 1.89. The summed E-state index contributed by atoms with van der Waals surface area (Å²) in [5.74, 6) is 0.271. The van der Waals surface area contributed by atoms with Gasteiger partial charge in [0.15, 0.2) is 0 Å². The van der Waals surface area contributed by atoms with Crippen molar-refractivity contribution < 1.29 is 4.39 Å². The SMILES string of the molecule is Nc1cccn2c(-c3ccccc3F)ncc12. The fraction of sp³-hybridized carbons (Fsp3) is 0. The number of aromatic nitrogens is 2. The number of nitrogen functional groups attached to an aromatic ring is 1. The van der Waals surface area contributed by atoms with Crippen LogP contribution in [0.3, 0.4) is 0 Å². The average Bonchev–Trinajstić information content (AvgIpc) is 2.75. The van der Waals surface area contributed by atoms with Gasteiger partial charge >= 0.3 is 0 Å². The normalized spacial score (nSPS) is 10.9. The summed E-state index contributed by atoms with van der Waals surface area (Å²) < 4.78 is 15.5. The Morgan fingerprint density at radius 3 is 2.76 bits per heavy atom. The van der Waals surface area contributed by atoms with Crippen LogP contribution in [0, 0.1) is 5.82 Å². The van der Waals surface area contributed by atoms with E-state index in [1.54, 1.807) is 34.9 Å². The van der Waals surface area contributed by atoms with Crippen molar-refractivity contribution in [1.29, 1.82) is 0 Å². The van der Waals surface area contributed by atoms with Gasteiger partial charge in [0, 0.05) is 6.20 Å². The first-order chi connectivity index (χ1) is 8.27. The summed E-state index contributed by atoms with van der Waals surface area (Å²) in [6, 6.07) is 10.2. The highest BCUT2D eigenvalue weighted by Gasteiger charge is 2.11. The number of hydrogen-bond acceptors (Lipinski definition) is 2. The third-order valence-corrected chi connectivity index (χ3v) is 2.72. The topological polar surface area (TPSA) is 43.3 Å². The molecule has 2 heterocycles. The summed E-state index contributed by atoms with van der Waals surface area (Å²) in [7, 11) is 0. The maximum absolute atomic E-state index is 13.7. The van der Waals surface area contributed by atoms with Gasteiger partial charge in [-0.05, 0) is 24.3 Å². The quantitative estimate of drug-likeness (QED) is 0.694. The number of pyridine rings is 1. The summed E-state index contributed by atoms with van der Waals surface area (Å²) in [6.07, 6.45) is 3.47. The fourth-order valence-corrected chi connectivity index (χ4v) is 1.89. The van der Waals surface area contributed by atoms with E-state index in [-0.39, 0.29) is 5.82 Å². The maximum atomic E-state index is 13.7. The smallest absolute Gasteiger partial charge is 0.147 e. The van der Waals surface area contributed by atoms with Gasteiger partial charge in [-0.3, -0.25) is 4.40 Å². The first-order valence-electron chi connectivity index (χ1n) is 5.24. The van der Waals surface area contributed by atoms with Crippen LogP contribution < -0.4 is 5.73 Å². The molecule has 0 spiro atoms. The predicted octanol–water partition coefficient (Wildman–Crippen LogP) is 2.72. The zero-order valence-electron chi connectivity index (χ0n) is 8.97. The molecule has 0 atom stereocenters. The third-order valence-electron chi connectivity index (χ3n) is 2.72. The largest absolute Gasteiger partial charge is 0.397 e. The summed E-state index contributed by atoms with van der Waals surface area (Å²) >= 11 is 0. The van der Waals surface area contributed by atoms with Gasteiger partial charge in [-0.15, -0.1) is 0 Å². The third kappa shape index (κ3) is 1.45. The summed E-state index contributed by atoms with van der Waals surface area (Å²) in [5, 5.41) is 0. The van der Waals surface area contributed by atoms with Gasteiger partial charge in [0.2, 0.25) is 0 Å². The van der Waals surface area contributed by atoms with Crippen LogP contribution in [0.4, 0.5) is 10.1 Å². The molecule has 0 aliphatic heterocycles. The van der Waals surface area contributed by atoms with Gasteiger partial charge in [0.05, 0.1) is 23.0 Å². The van der Waals surface area contributed by atoms with Crippen LogP contribution in [-0.4, -0.2) is 9.38 Å². The first kappa shape index (κ1) is 9.84. The minimum Gasteiger partial charge on any atom is -0.397 e. The number of imidazole rings is 1. The number of halogens is 1. The molecule has 0 aliphatic rings. The van der Waals surface area contributed by atoms with Gasteiger partial charge in [0.25, 0.3) is 0 Å². The van der Waals surface area contributed by atoms with Crippen molar-refractivity contribution in [3.63, 3.8) is 0 Å². The molecule has 3 rings (SSSR count). The van der Waals surface area contributed by atoms with Crippen LogP contribution in [0.25, 0.3) is 16.9 Å². The molecule has 2 N–H and O–H groups in total. The minimum absolute atomic E-state index is 0.289. The average molecular weight is 227 g/mol. The zero-order valence-corrected chi connectivity index (χ0v) is 8.97. The monoisotopic (exact) mass is 227 g/mol. The molecule has 84 valence electrons. The molecule has 4 heteroatoms. The first-order valence-corrected chi connectivity index (χ1v) is 5.24. The van der Waals surface area contributed by atoms with Gasteiger partial charge in [-0.25, -0.2) is 9.37 Å². The van der Waals surface area contributed by atoms with E-state index >= 15 is 0 Å². The maximum Gasteiger partial charge on any atom is 0.147 e. The summed E-state index contributed by atoms with van der Waals surface area (Å²) in [4.78, 5) is 4.23. The van der Waals surface area contributed by atoms with Crippen molar-refractivity contribution in [2.45, 2.75) is 0 Å². The minimum atomic E-state index is -0.289. The van der Waals surface area contributed by atoms with E-state index in [4.69, 9.17) is 5.73 Å². The van der Waals surface area contributed by atoms with Gasteiger partial charge < -0.3 is 5.73 Å². The van der Waals surface area contributed by atoms with E-state index in [0.717, 1.165) is 5.52 Å². The van der Waals surface area contributed by atoms with Gasteiger partial charge in [0.1, 0.15) is 11.6 Å². The van der Waals surface area contributed by atoms with Crippen LogP contribution in [0.5, 0.6) is 0 Å². The molecule has 2 aromatic heterocycles. The van der Waals surface area contributed by atoms with E-state index in [1.807, 2.05) is 12.3 Å². The van der Waals surface area contributed by atoms with Crippen molar-refractivity contribution in [3.05, 3.63) is 54.6 Å². The Balaban J connectivity index is 2.33. The number of benzene rings is 1. The Bertz CT molecular complexity index is 688. The molecule has 0 saturated heterocycles. The standard InChI is InChI=1S/C13H10FN3/c14-10-5-2-1-4-9(10)13-16-8-12-11(15)6-3-7-17(12)13/h1-8H,15H2. The van der Waals surface area contributed by atoms with E-state index < -0.39 is 0 Å². The lowest BCUT2D eigenvalue weighted by Gasteiger charge is -2.03. The van der Waals surface area contributed by atoms with Crippen molar-refractivity contribution in [1.82, 2.24) is 9.38 Å². The van der Waals surface area contributed by atoms with Crippen molar-refractivity contribution in [2.75, 3.05) is 5.73 Å². The predicted molar refractivity (Wildman–Crippen MR) is 65.0 cm³/mol. The molecular formula is C13H10FN3. The van der Waals surface area contributed by atoms with Crippen LogP contribution in [0.2, 0.25) is 0 Å². The van der Waals surface area contributed by atoms with Crippen molar-refractivity contribution in [2.24, 2.45) is 0 Å². The number of hydrogen-bond donors (Lipinski definition) is 1. The molecule has 17 heavy (non-hydrogen) atoms. The molecule has 0 bridgehead atoms. The molecule has 1 aromatic carbocycles. The van der Waals surface area contributed by atoms with Gasteiger partial charge in [-0.2, -0.15) is 0 Å². The molecule has 0 amide bonds. The molecular weight excluding hydrogens is 217 g/mol. The highest BCUT2D eigenvalue weighted by molar-refractivity contribution is 5.73. The molecule has 0 saturated carbocycles. The number of nitrogens with two attached hydrogens (primary N) is 1. The van der Waals surface area contributed by atoms with E-state index in [1.165, 1.54) is 6.07 Å². The number of fused-ring (bicyclic) bond motifs is 1. The molecule has 0 unspecified atom stereocenters. The Hall–Kier alpha value is -2.36. The lowest BCUT2D eigenvalue weighted by molar-refractivity contribution is 0.630. The lowest BCUT2D eigenvalue weighted by atomic mass is 10.2. The molecule has 3 nitrogen and oxygen atoms in total. The van der Waals surface area contributed by atoms with Crippen LogP contribution in [0.15, 0.2) is 48.8 Å². The molecule has 0 fully saturated rings. The van der Waals surface area contributed by atoms with Crippen LogP contribution in [-0.2, 0) is 0 Å². The van der Waals surface area contributed by atoms with E-state index in [9.17, 15) is 4.39 Å². The number of nitrogens with zero attached hydrogens (tertiary/aromatic N) is 2. The van der Waals surface area contributed by atoms with Crippen molar-refractivity contribution >= 4 is 11.2 Å². The second-order valence-corrected chi connectivity index (χ2v) is 3.78. The van der Waals surface area contributed by atoms with E-state index in [0.29, 0.717) is 17.1 Å². The number of rotatable bonds is 1. The Morgan fingerprint density at radius 2 is 1.94 bits per heavy atom. The Morgan fingerprint density at radius 1 is 1.12 bits per heavy atom. The Kier molecular flexibility index (Phi) is 2.08. The van der Waals surface area contributed by atoms with Gasteiger partial charge in [-0.1, -0.05) is 12.1 Å². The molecule has 0 aliphatic carbocycles. The van der Waals surface area contributed by atoms with Crippen LogP contribution >= 0.6 is 0 Å². The van der Waals surface area contributed by atoms with Crippen LogP contribution in [0.1, 0.15) is 0 Å². The second-order valence-electron chi connectivity index (χ2n) is 3.78. The lowest BCUT2D eigenvalue weighted by Crippen LogP contribution is -1.94. The number of anilines is 1. The summed E-state index contributed by atoms with van der Waals surface area (Å²) in [5.41, 5.74) is 7.71. The second kappa shape index (κ2) is 3.59. The Labute approximate surface area is 97.3 Å². The molecule has 3 aromatic rings. The molecule has 0 radical (unpaired) electrons. The zero-order chi connectivity index (χ0) is 11.8. The highest BCUT2D eigenvalue weighted by Crippen LogP contribution is 2.24.